The summed E-state index contributed by atoms with van der Waals surface area (Å²) in [5.74, 6) is 1.22. The van der Waals surface area contributed by atoms with Crippen molar-refractivity contribution in [2.24, 2.45) is 0 Å². The maximum Gasteiger partial charge on any atom is 0.263 e. The summed E-state index contributed by atoms with van der Waals surface area (Å²) in [4.78, 5) is 27.2. The smallest absolute Gasteiger partial charge is 0.263 e. The summed E-state index contributed by atoms with van der Waals surface area (Å²) in [5.41, 5.74) is 3.45. The molecule has 1 atom stereocenters. The Labute approximate surface area is 187 Å². The number of anilines is 1. The number of ether oxygens (including phenoxy) is 2. The average molecular weight is 431 g/mol. The number of hydrogen-bond acceptors (Lipinski definition) is 4. The van der Waals surface area contributed by atoms with E-state index >= 15 is 0 Å². The Morgan fingerprint density at radius 3 is 2.62 bits per heavy atom. The van der Waals surface area contributed by atoms with Crippen molar-refractivity contribution in [3.8, 4) is 11.5 Å². The van der Waals surface area contributed by atoms with Gasteiger partial charge in [-0.05, 0) is 48.4 Å². The number of methoxy groups -OCH3 is 1. The average Bonchev–Trinajstić information content (AvgIpc) is 2.91. The van der Waals surface area contributed by atoms with Gasteiger partial charge in [-0.1, -0.05) is 42.5 Å². The molecule has 0 aliphatic carbocycles. The zero-order valence-corrected chi connectivity index (χ0v) is 18.2. The minimum absolute atomic E-state index is 0.0846. The molecular formula is C26H26N2O4. The zero-order valence-electron chi connectivity index (χ0n) is 18.2. The third-order valence-electron chi connectivity index (χ3n) is 5.38. The van der Waals surface area contributed by atoms with E-state index in [1.165, 1.54) is 0 Å². The van der Waals surface area contributed by atoms with Crippen LogP contribution in [-0.2, 0) is 29.1 Å². The molecule has 6 nitrogen and oxygen atoms in total. The molecule has 1 aliphatic rings. The number of rotatable bonds is 6. The van der Waals surface area contributed by atoms with E-state index in [-0.39, 0.29) is 11.8 Å². The molecule has 0 saturated heterocycles. The van der Waals surface area contributed by atoms with Crippen molar-refractivity contribution in [2.45, 2.75) is 32.5 Å². The minimum atomic E-state index is -0.597. The number of nitrogens with one attached hydrogen (secondary N) is 1. The van der Waals surface area contributed by atoms with Crippen LogP contribution in [0.4, 0.5) is 5.69 Å². The largest absolute Gasteiger partial charge is 0.497 e. The van der Waals surface area contributed by atoms with Gasteiger partial charge in [-0.15, -0.1) is 0 Å². The summed E-state index contributed by atoms with van der Waals surface area (Å²) in [6.07, 6.45) is -0.299. The van der Waals surface area contributed by atoms with Gasteiger partial charge in [0.05, 0.1) is 13.5 Å². The van der Waals surface area contributed by atoms with Gasteiger partial charge < -0.3 is 19.7 Å². The highest BCUT2D eigenvalue weighted by Gasteiger charge is 2.28. The van der Waals surface area contributed by atoms with Crippen LogP contribution < -0.4 is 14.8 Å². The summed E-state index contributed by atoms with van der Waals surface area (Å²) >= 11 is 0. The zero-order chi connectivity index (χ0) is 22.5. The van der Waals surface area contributed by atoms with Crippen molar-refractivity contribution < 1.29 is 19.1 Å². The van der Waals surface area contributed by atoms with Crippen LogP contribution in [0.25, 0.3) is 0 Å². The monoisotopic (exact) mass is 430 g/mol. The second kappa shape index (κ2) is 9.56. The maximum absolute atomic E-state index is 12.9. The van der Waals surface area contributed by atoms with Crippen LogP contribution in [0.1, 0.15) is 23.6 Å². The fourth-order valence-electron chi connectivity index (χ4n) is 3.79. The Morgan fingerprint density at radius 2 is 1.84 bits per heavy atom. The van der Waals surface area contributed by atoms with Gasteiger partial charge in [0.25, 0.3) is 5.91 Å². The van der Waals surface area contributed by atoms with E-state index in [0.717, 1.165) is 22.4 Å². The van der Waals surface area contributed by atoms with Crippen molar-refractivity contribution >= 4 is 17.5 Å². The number of amides is 2. The third kappa shape index (κ3) is 5.09. The number of fused-ring (bicyclic) bond motifs is 1. The lowest BCUT2D eigenvalue weighted by Crippen LogP contribution is -2.37. The van der Waals surface area contributed by atoms with E-state index in [2.05, 4.69) is 5.32 Å². The Morgan fingerprint density at radius 1 is 1.06 bits per heavy atom. The first kappa shape index (κ1) is 21.4. The van der Waals surface area contributed by atoms with Gasteiger partial charge in [-0.3, -0.25) is 9.59 Å². The third-order valence-corrected chi connectivity index (χ3v) is 5.38. The molecule has 0 unspecified atom stereocenters. The molecule has 3 aromatic rings. The molecule has 164 valence electrons. The molecule has 3 aromatic carbocycles. The minimum Gasteiger partial charge on any atom is -0.497 e. The van der Waals surface area contributed by atoms with Crippen molar-refractivity contribution in [1.29, 1.82) is 0 Å². The summed E-state index contributed by atoms with van der Waals surface area (Å²) in [7, 11) is 1.62. The first-order valence-electron chi connectivity index (χ1n) is 10.6. The highest BCUT2D eigenvalue weighted by Crippen LogP contribution is 2.29. The van der Waals surface area contributed by atoms with Gasteiger partial charge in [0.15, 0.2) is 6.10 Å². The SMILES string of the molecule is COc1cccc(CN2Cc3cc(NC(=O)Cc4ccccc4)ccc3O[C@H](C)C2=O)c1. The molecule has 32 heavy (non-hydrogen) atoms. The van der Waals surface area contributed by atoms with Crippen LogP contribution in [0.15, 0.2) is 72.8 Å². The summed E-state index contributed by atoms with van der Waals surface area (Å²) in [6.45, 7) is 2.58. The molecular weight excluding hydrogens is 404 g/mol. The van der Waals surface area contributed by atoms with E-state index in [4.69, 9.17) is 9.47 Å². The molecule has 0 fully saturated rings. The predicted octanol–water partition coefficient (Wildman–Crippen LogP) is 4.19. The van der Waals surface area contributed by atoms with Gasteiger partial charge in [0.1, 0.15) is 11.5 Å². The summed E-state index contributed by atoms with van der Waals surface area (Å²) in [6, 6.07) is 22.8. The van der Waals surface area contributed by atoms with Crippen molar-refractivity contribution in [3.63, 3.8) is 0 Å². The standard InChI is InChI=1S/C26H26N2O4/c1-18-26(30)28(16-20-9-6-10-23(13-20)31-2)17-21-15-22(11-12-24(21)32-18)27-25(29)14-19-7-4-3-5-8-19/h3-13,15,18H,14,16-17H2,1-2H3,(H,27,29)/t18-/m1/s1. The fraction of sp³-hybridized carbons (Fsp3) is 0.231. The molecule has 1 aliphatic heterocycles. The van der Waals surface area contributed by atoms with Crippen LogP contribution >= 0.6 is 0 Å². The van der Waals surface area contributed by atoms with Crippen LogP contribution in [0, 0.1) is 0 Å². The van der Waals surface area contributed by atoms with E-state index in [1.54, 1.807) is 25.0 Å². The Bertz CT molecular complexity index is 1110. The van der Waals surface area contributed by atoms with Crippen LogP contribution in [0.2, 0.25) is 0 Å². The molecule has 0 aromatic heterocycles. The lowest BCUT2D eigenvalue weighted by Gasteiger charge is -2.22. The first-order chi connectivity index (χ1) is 15.5. The van der Waals surface area contributed by atoms with Crippen molar-refractivity contribution in [2.75, 3.05) is 12.4 Å². The number of nitrogens with zero attached hydrogens (tertiary/aromatic N) is 1. The predicted molar refractivity (Wildman–Crippen MR) is 123 cm³/mol. The van der Waals surface area contributed by atoms with E-state index < -0.39 is 6.10 Å². The molecule has 2 amide bonds. The maximum atomic E-state index is 12.9. The van der Waals surface area contributed by atoms with Crippen LogP contribution in [-0.4, -0.2) is 29.9 Å². The molecule has 0 saturated carbocycles. The second-order valence-corrected chi connectivity index (χ2v) is 7.84. The van der Waals surface area contributed by atoms with Crippen LogP contribution in [0.5, 0.6) is 11.5 Å². The summed E-state index contributed by atoms with van der Waals surface area (Å²) in [5, 5.41) is 2.95. The lowest BCUT2D eigenvalue weighted by atomic mass is 10.1. The Hall–Kier alpha value is -3.80. The van der Waals surface area contributed by atoms with E-state index in [0.29, 0.717) is 30.9 Å². The fourth-order valence-corrected chi connectivity index (χ4v) is 3.79. The number of hydrogen-bond donors (Lipinski definition) is 1. The molecule has 0 radical (unpaired) electrons. The van der Waals surface area contributed by atoms with Gasteiger partial charge in [-0.25, -0.2) is 0 Å². The van der Waals surface area contributed by atoms with Crippen LogP contribution in [0.3, 0.4) is 0 Å². The van der Waals surface area contributed by atoms with Gasteiger partial charge >= 0.3 is 0 Å². The number of carbonyl (C=O) groups is 2. The van der Waals surface area contributed by atoms with Gasteiger partial charge in [0.2, 0.25) is 5.91 Å². The quantitative estimate of drug-likeness (QED) is 0.637. The summed E-state index contributed by atoms with van der Waals surface area (Å²) < 4.78 is 11.2. The normalized spacial score (nSPS) is 15.4. The molecule has 1 N–H and O–H groups in total. The van der Waals surface area contributed by atoms with Crippen molar-refractivity contribution in [1.82, 2.24) is 4.90 Å². The molecule has 0 spiro atoms. The molecule has 4 rings (SSSR count). The lowest BCUT2D eigenvalue weighted by molar-refractivity contribution is -0.138. The van der Waals surface area contributed by atoms with Gasteiger partial charge in [0, 0.05) is 24.3 Å². The van der Waals surface area contributed by atoms with E-state index in [1.807, 2.05) is 66.7 Å². The van der Waals surface area contributed by atoms with Crippen molar-refractivity contribution in [3.05, 3.63) is 89.5 Å². The number of benzene rings is 3. The molecule has 0 bridgehead atoms. The topological polar surface area (TPSA) is 67.9 Å². The van der Waals surface area contributed by atoms with Gasteiger partial charge in [-0.2, -0.15) is 0 Å². The first-order valence-corrected chi connectivity index (χ1v) is 10.6. The van der Waals surface area contributed by atoms with E-state index in [9.17, 15) is 9.59 Å². The Kier molecular flexibility index (Phi) is 6.40. The highest BCUT2D eigenvalue weighted by molar-refractivity contribution is 5.92. The Balaban J connectivity index is 1.51. The molecule has 6 heteroatoms. The molecule has 1 heterocycles. The highest BCUT2D eigenvalue weighted by atomic mass is 16.5. The second-order valence-electron chi connectivity index (χ2n) is 7.84. The number of carbonyl (C=O) groups excluding carboxylic acids is 2.